The maximum absolute atomic E-state index is 13.7. The van der Waals surface area contributed by atoms with Crippen molar-refractivity contribution in [2.45, 2.75) is 58.9 Å². The normalized spacial score (nSPS) is 12.7. The van der Waals surface area contributed by atoms with E-state index >= 15 is 0 Å². The van der Waals surface area contributed by atoms with Crippen LogP contribution in [0, 0.1) is 0 Å². The Hall–Kier alpha value is -3.94. The molecule has 0 bridgehead atoms. The van der Waals surface area contributed by atoms with Crippen LogP contribution in [0.25, 0.3) is 11.4 Å². The van der Waals surface area contributed by atoms with E-state index in [2.05, 4.69) is 29.9 Å². The molecule has 8 nitrogen and oxygen atoms in total. The summed E-state index contributed by atoms with van der Waals surface area (Å²) >= 11 is 0. The average molecular weight is 517 g/mol. The fraction of sp³-hybridized carbons (Fsp3) is 0.400. The summed E-state index contributed by atoms with van der Waals surface area (Å²) in [5, 5.41) is 9.58. The molecule has 0 spiro atoms. The molecule has 3 aromatic rings. The van der Waals surface area contributed by atoms with Gasteiger partial charge in [-0.25, -0.2) is 9.78 Å². The minimum atomic E-state index is -1.10. The van der Waals surface area contributed by atoms with Crippen LogP contribution >= 0.6 is 0 Å². The third-order valence-corrected chi connectivity index (χ3v) is 7.06. The van der Waals surface area contributed by atoms with Crippen molar-refractivity contribution in [2.24, 2.45) is 0 Å². The van der Waals surface area contributed by atoms with Crippen LogP contribution in [0.1, 0.15) is 77.1 Å². The Balaban J connectivity index is 1.58. The molecule has 2 heterocycles. The summed E-state index contributed by atoms with van der Waals surface area (Å²) in [4.78, 5) is 49.8. The number of carbonyl (C=O) groups is 3. The van der Waals surface area contributed by atoms with Crippen LogP contribution in [-0.4, -0.2) is 62.3 Å². The van der Waals surface area contributed by atoms with Gasteiger partial charge in [0.05, 0.1) is 17.5 Å². The number of nitrogens with one attached hydrogen (secondary N) is 1. The van der Waals surface area contributed by atoms with Crippen molar-refractivity contribution >= 4 is 17.8 Å². The maximum Gasteiger partial charge on any atom is 0.335 e. The summed E-state index contributed by atoms with van der Waals surface area (Å²) in [6, 6.07) is 12.6. The lowest BCUT2D eigenvalue weighted by molar-refractivity contribution is -0.130. The molecule has 0 atom stereocenters. The summed E-state index contributed by atoms with van der Waals surface area (Å²) in [5.74, 6) is -0.845. The zero-order valence-electron chi connectivity index (χ0n) is 22.2. The molecule has 200 valence electrons. The number of unbranched alkanes of at least 4 members (excludes halogenated alkanes) is 2. The van der Waals surface area contributed by atoms with E-state index in [-0.39, 0.29) is 29.4 Å². The smallest absolute Gasteiger partial charge is 0.335 e. The molecule has 0 unspecified atom stereocenters. The van der Waals surface area contributed by atoms with Gasteiger partial charge in [0.2, 0.25) is 5.91 Å². The molecule has 1 aliphatic rings. The SMILES string of the molecule is CCCCN(CCCC)C(=O)Cc1cnc(-c2ccc(C(=O)O)cc2C(=O)N2CCc3ccccc3C2)[nH]1. The monoisotopic (exact) mass is 516 g/mol. The molecule has 0 saturated carbocycles. The van der Waals surface area contributed by atoms with Crippen molar-refractivity contribution in [2.75, 3.05) is 19.6 Å². The highest BCUT2D eigenvalue weighted by atomic mass is 16.4. The van der Waals surface area contributed by atoms with Crippen LogP contribution in [0.15, 0.2) is 48.7 Å². The van der Waals surface area contributed by atoms with Gasteiger partial charge in [-0.2, -0.15) is 0 Å². The Morgan fingerprint density at radius 1 is 1.03 bits per heavy atom. The topological polar surface area (TPSA) is 107 Å². The minimum absolute atomic E-state index is 0.0407. The summed E-state index contributed by atoms with van der Waals surface area (Å²) in [5.41, 5.74) is 3.82. The number of carboxylic acid groups (broad SMARTS) is 1. The first kappa shape index (κ1) is 27.1. The van der Waals surface area contributed by atoms with Gasteiger partial charge in [-0.15, -0.1) is 0 Å². The quantitative estimate of drug-likeness (QED) is 0.375. The molecule has 2 amide bonds. The number of aromatic nitrogens is 2. The van der Waals surface area contributed by atoms with Crippen molar-refractivity contribution < 1.29 is 19.5 Å². The first-order valence-corrected chi connectivity index (χ1v) is 13.5. The second-order valence-electron chi connectivity index (χ2n) is 9.83. The number of nitrogens with zero attached hydrogens (tertiary/aromatic N) is 3. The number of hydrogen-bond acceptors (Lipinski definition) is 4. The van der Waals surface area contributed by atoms with E-state index in [1.54, 1.807) is 17.2 Å². The number of carbonyl (C=O) groups excluding carboxylic acids is 2. The van der Waals surface area contributed by atoms with E-state index < -0.39 is 5.97 Å². The molecule has 0 fully saturated rings. The number of aromatic carboxylic acids is 1. The van der Waals surface area contributed by atoms with Gasteiger partial charge in [-0.1, -0.05) is 51.0 Å². The molecule has 2 aromatic carbocycles. The molecule has 2 N–H and O–H groups in total. The van der Waals surface area contributed by atoms with Gasteiger partial charge in [0.1, 0.15) is 5.82 Å². The van der Waals surface area contributed by atoms with Crippen molar-refractivity contribution in [3.8, 4) is 11.4 Å². The molecule has 1 aromatic heterocycles. The second kappa shape index (κ2) is 12.5. The van der Waals surface area contributed by atoms with Crippen LogP contribution in [0.2, 0.25) is 0 Å². The van der Waals surface area contributed by atoms with Gasteiger partial charge in [-0.3, -0.25) is 9.59 Å². The fourth-order valence-corrected chi connectivity index (χ4v) is 4.82. The zero-order chi connectivity index (χ0) is 27.1. The largest absolute Gasteiger partial charge is 0.478 e. The number of imidazole rings is 1. The van der Waals surface area contributed by atoms with E-state index in [9.17, 15) is 19.5 Å². The Bertz CT molecular complexity index is 1290. The predicted molar refractivity (Wildman–Crippen MR) is 146 cm³/mol. The van der Waals surface area contributed by atoms with Gasteiger partial charge in [0.15, 0.2) is 0 Å². The van der Waals surface area contributed by atoms with Crippen LogP contribution in [-0.2, 0) is 24.2 Å². The average Bonchev–Trinajstić information content (AvgIpc) is 3.40. The van der Waals surface area contributed by atoms with E-state index in [1.807, 2.05) is 23.1 Å². The molecule has 8 heteroatoms. The number of carboxylic acids is 1. The van der Waals surface area contributed by atoms with Gasteiger partial charge in [0, 0.05) is 43.6 Å². The number of H-pyrrole nitrogens is 1. The second-order valence-corrected chi connectivity index (χ2v) is 9.83. The molecule has 1 aliphatic heterocycles. The summed E-state index contributed by atoms with van der Waals surface area (Å²) in [6.45, 7) is 6.72. The Labute approximate surface area is 223 Å². The number of benzene rings is 2. The number of hydrogen-bond donors (Lipinski definition) is 2. The third-order valence-electron chi connectivity index (χ3n) is 7.06. The molecule has 4 rings (SSSR count). The zero-order valence-corrected chi connectivity index (χ0v) is 22.2. The third kappa shape index (κ3) is 6.30. The first-order valence-electron chi connectivity index (χ1n) is 13.5. The van der Waals surface area contributed by atoms with Crippen molar-refractivity contribution in [3.05, 3.63) is 76.6 Å². The molecule has 0 saturated heterocycles. The van der Waals surface area contributed by atoms with Crippen molar-refractivity contribution in [1.82, 2.24) is 19.8 Å². The highest BCUT2D eigenvalue weighted by Crippen LogP contribution is 2.27. The summed E-state index contributed by atoms with van der Waals surface area (Å²) in [7, 11) is 0. The predicted octanol–water partition coefficient (Wildman–Crippen LogP) is 4.94. The maximum atomic E-state index is 13.7. The standard InChI is InChI=1S/C30H36N4O4/c1-3-5-14-33(15-6-4-2)27(35)18-24-19-31-28(32-24)25-12-11-22(30(37)38)17-26(25)29(36)34-16-13-21-9-7-8-10-23(21)20-34/h7-12,17,19H,3-6,13-16,18,20H2,1-2H3,(H,31,32)(H,37,38). The van der Waals surface area contributed by atoms with Gasteiger partial charge in [-0.05, 0) is 48.6 Å². The molecule has 0 aliphatic carbocycles. The minimum Gasteiger partial charge on any atom is -0.478 e. The number of rotatable bonds is 11. The van der Waals surface area contributed by atoms with Crippen LogP contribution in [0.3, 0.4) is 0 Å². The number of amides is 2. The van der Waals surface area contributed by atoms with Crippen LogP contribution in [0.4, 0.5) is 0 Å². The molecular formula is C30H36N4O4. The summed E-state index contributed by atoms with van der Waals surface area (Å²) < 4.78 is 0. The molecule has 38 heavy (non-hydrogen) atoms. The van der Waals surface area contributed by atoms with E-state index in [0.717, 1.165) is 50.8 Å². The lowest BCUT2D eigenvalue weighted by Crippen LogP contribution is -2.36. The lowest BCUT2D eigenvalue weighted by atomic mass is 9.97. The van der Waals surface area contributed by atoms with Gasteiger partial charge < -0.3 is 19.9 Å². The molecule has 0 radical (unpaired) electrons. The van der Waals surface area contributed by atoms with E-state index in [1.165, 1.54) is 17.7 Å². The highest BCUT2D eigenvalue weighted by Gasteiger charge is 2.26. The number of aromatic amines is 1. The lowest BCUT2D eigenvalue weighted by Gasteiger charge is -2.29. The first-order chi connectivity index (χ1) is 18.4. The van der Waals surface area contributed by atoms with Crippen LogP contribution < -0.4 is 0 Å². The number of fused-ring (bicyclic) bond motifs is 1. The van der Waals surface area contributed by atoms with Crippen molar-refractivity contribution in [1.29, 1.82) is 0 Å². The Kier molecular flexibility index (Phi) is 8.94. The molecular weight excluding hydrogens is 480 g/mol. The van der Waals surface area contributed by atoms with Gasteiger partial charge in [0.25, 0.3) is 5.91 Å². The summed E-state index contributed by atoms with van der Waals surface area (Å²) in [6.07, 6.45) is 6.54. The van der Waals surface area contributed by atoms with Gasteiger partial charge >= 0.3 is 5.97 Å². The Morgan fingerprint density at radius 3 is 2.42 bits per heavy atom. The van der Waals surface area contributed by atoms with E-state index in [0.29, 0.717) is 30.2 Å². The van der Waals surface area contributed by atoms with Crippen LogP contribution in [0.5, 0.6) is 0 Å². The van der Waals surface area contributed by atoms with E-state index in [4.69, 9.17) is 0 Å². The fourth-order valence-electron chi connectivity index (χ4n) is 4.82. The van der Waals surface area contributed by atoms with Crippen molar-refractivity contribution in [3.63, 3.8) is 0 Å². The highest BCUT2D eigenvalue weighted by molar-refractivity contribution is 6.02. The Morgan fingerprint density at radius 2 is 1.74 bits per heavy atom.